The van der Waals surface area contributed by atoms with Crippen LogP contribution in [-0.4, -0.2) is 51.3 Å². The number of halogens is 3. The third-order valence-electron chi connectivity index (χ3n) is 6.20. The SMILES string of the molecule is COc1ncc(F)cc1[C@H]1CCCN1c1nc2c(C(=O)N[C@H]3C[C@H](OSI)C3)cnn2cc1F. The fraction of sp³-hybridized carbons (Fsp3) is 0.429. The molecule has 0 radical (unpaired) electrons. The zero-order valence-corrected chi connectivity index (χ0v) is 21.1. The topological polar surface area (TPSA) is 93.9 Å². The van der Waals surface area contributed by atoms with Crippen LogP contribution in [0.2, 0.25) is 0 Å². The number of hydrogen-bond acceptors (Lipinski definition) is 8. The van der Waals surface area contributed by atoms with Crippen molar-refractivity contribution in [1.82, 2.24) is 24.9 Å². The highest BCUT2D eigenvalue weighted by atomic mass is 127. The summed E-state index contributed by atoms with van der Waals surface area (Å²) >= 11 is 2.07. The van der Waals surface area contributed by atoms with Gasteiger partial charge >= 0.3 is 0 Å². The Balaban J connectivity index is 1.43. The van der Waals surface area contributed by atoms with E-state index >= 15 is 4.39 Å². The number of amides is 1. The monoisotopic (exact) mass is 602 g/mol. The lowest BCUT2D eigenvalue weighted by molar-refractivity contribution is 0.0789. The molecule has 4 heterocycles. The van der Waals surface area contributed by atoms with Gasteiger partial charge in [-0.15, -0.1) is 0 Å². The van der Waals surface area contributed by atoms with Crippen LogP contribution in [0.15, 0.2) is 24.7 Å². The summed E-state index contributed by atoms with van der Waals surface area (Å²) in [6, 6.07) is 0.993. The molecule has 1 amide bonds. The molecular weight excluding hydrogens is 581 g/mol. The number of anilines is 1. The number of nitrogens with one attached hydrogen (secondary N) is 1. The summed E-state index contributed by atoms with van der Waals surface area (Å²) in [6.07, 6.45) is 6.66. The van der Waals surface area contributed by atoms with Crippen molar-refractivity contribution in [2.75, 3.05) is 18.6 Å². The van der Waals surface area contributed by atoms with Gasteiger partial charge < -0.3 is 19.1 Å². The number of nitrogens with zero attached hydrogens (tertiary/aromatic N) is 5. The molecule has 5 rings (SSSR count). The van der Waals surface area contributed by atoms with Gasteiger partial charge in [-0.05, 0) is 31.7 Å². The number of pyridine rings is 1. The molecule has 2 aliphatic rings. The number of carbonyl (C=O) groups excluding carboxylic acids is 1. The average molecular weight is 602 g/mol. The average Bonchev–Trinajstić information content (AvgIpc) is 3.43. The van der Waals surface area contributed by atoms with Gasteiger partial charge in [0.05, 0.1) is 47.1 Å². The highest BCUT2D eigenvalue weighted by Crippen LogP contribution is 2.40. The van der Waals surface area contributed by atoms with E-state index < -0.39 is 11.6 Å². The van der Waals surface area contributed by atoms with Gasteiger partial charge in [-0.2, -0.15) is 5.10 Å². The van der Waals surface area contributed by atoms with Gasteiger partial charge in [0.25, 0.3) is 5.91 Å². The molecule has 180 valence electrons. The Morgan fingerprint density at radius 3 is 2.91 bits per heavy atom. The van der Waals surface area contributed by atoms with E-state index in [1.54, 1.807) is 4.90 Å². The minimum atomic E-state index is -0.590. The molecule has 0 spiro atoms. The molecule has 1 saturated heterocycles. The maximum absolute atomic E-state index is 15.1. The van der Waals surface area contributed by atoms with E-state index in [1.165, 1.54) is 39.3 Å². The molecule has 1 atom stereocenters. The van der Waals surface area contributed by atoms with Crippen LogP contribution in [0.3, 0.4) is 0 Å². The minimum Gasteiger partial charge on any atom is -0.481 e. The predicted molar refractivity (Wildman–Crippen MR) is 130 cm³/mol. The smallest absolute Gasteiger partial charge is 0.256 e. The van der Waals surface area contributed by atoms with Crippen molar-refractivity contribution in [1.29, 1.82) is 0 Å². The molecule has 0 unspecified atom stereocenters. The summed E-state index contributed by atoms with van der Waals surface area (Å²) < 4.78 is 41.1. The Kier molecular flexibility index (Phi) is 6.75. The van der Waals surface area contributed by atoms with Gasteiger partial charge in [-0.3, -0.25) is 4.79 Å². The standard InChI is InChI=1S/C21H21F2IN6O3S/c1-32-21-14(5-11(22)8-25-21)17-3-2-4-29(17)19-16(23)10-30-18(28-19)15(9-26-30)20(31)27-12-6-13(7-12)33-34-24/h5,8-10,12-13,17H,2-4,6-7H2,1H3,(H,27,31)/t12-,13-,17-/m1/s1. The first-order valence-electron chi connectivity index (χ1n) is 10.7. The number of fused-ring (bicyclic) bond motifs is 1. The van der Waals surface area contributed by atoms with Crippen LogP contribution in [0.5, 0.6) is 5.88 Å². The molecule has 9 nitrogen and oxygen atoms in total. The van der Waals surface area contributed by atoms with Gasteiger partial charge in [0, 0.05) is 39.4 Å². The van der Waals surface area contributed by atoms with Gasteiger partial charge in [-0.1, -0.05) is 0 Å². The van der Waals surface area contributed by atoms with Crippen molar-refractivity contribution in [3.63, 3.8) is 0 Å². The number of ether oxygens (including phenoxy) is 1. The second-order valence-electron chi connectivity index (χ2n) is 8.27. The van der Waals surface area contributed by atoms with Crippen LogP contribution in [0.1, 0.15) is 47.6 Å². The third-order valence-corrected chi connectivity index (χ3v) is 7.17. The Morgan fingerprint density at radius 2 is 2.15 bits per heavy atom. The fourth-order valence-electron chi connectivity index (χ4n) is 4.51. The normalized spacial score (nSPS) is 22.1. The molecule has 1 N–H and O–H groups in total. The molecule has 1 aliphatic carbocycles. The van der Waals surface area contributed by atoms with Crippen LogP contribution in [-0.2, 0) is 4.18 Å². The van der Waals surface area contributed by atoms with Crippen LogP contribution < -0.4 is 15.0 Å². The van der Waals surface area contributed by atoms with Gasteiger partial charge in [0.2, 0.25) is 5.88 Å². The molecule has 2 fully saturated rings. The van der Waals surface area contributed by atoms with Crippen LogP contribution >= 0.6 is 30.4 Å². The lowest BCUT2D eigenvalue weighted by Gasteiger charge is -2.34. The predicted octanol–water partition coefficient (Wildman–Crippen LogP) is 4.03. The Labute approximate surface area is 210 Å². The molecule has 1 saturated carbocycles. The molecule has 3 aromatic rings. The summed E-state index contributed by atoms with van der Waals surface area (Å²) in [5.74, 6) is -1.05. The number of methoxy groups -OCH3 is 1. The Morgan fingerprint density at radius 1 is 1.32 bits per heavy atom. The van der Waals surface area contributed by atoms with E-state index in [2.05, 4.69) is 41.6 Å². The van der Waals surface area contributed by atoms with Gasteiger partial charge in [0.15, 0.2) is 17.3 Å². The van der Waals surface area contributed by atoms with E-state index in [0.29, 0.717) is 18.5 Å². The minimum absolute atomic E-state index is 0.00632. The van der Waals surface area contributed by atoms with E-state index in [-0.39, 0.29) is 47.0 Å². The highest BCUT2D eigenvalue weighted by Gasteiger charge is 2.34. The molecule has 3 aromatic heterocycles. The first-order chi connectivity index (χ1) is 16.5. The van der Waals surface area contributed by atoms with E-state index in [9.17, 15) is 9.18 Å². The molecule has 13 heteroatoms. The summed E-state index contributed by atoms with van der Waals surface area (Å²) in [7, 11) is 2.74. The van der Waals surface area contributed by atoms with E-state index in [0.717, 1.165) is 25.5 Å². The second kappa shape index (κ2) is 9.77. The highest BCUT2D eigenvalue weighted by molar-refractivity contribution is 14.2. The summed E-state index contributed by atoms with van der Waals surface area (Å²) in [5.41, 5.74) is 1.03. The summed E-state index contributed by atoms with van der Waals surface area (Å²) in [6.45, 7) is 0.512. The zero-order valence-electron chi connectivity index (χ0n) is 18.1. The Bertz CT molecular complexity index is 1220. The first kappa shape index (κ1) is 23.5. The van der Waals surface area contributed by atoms with Crippen molar-refractivity contribution in [2.24, 2.45) is 0 Å². The number of rotatable bonds is 7. The summed E-state index contributed by atoms with van der Waals surface area (Å²) in [5, 5.41) is 7.07. The van der Waals surface area contributed by atoms with Crippen LogP contribution in [0.4, 0.5) is 14.6 Å². The van der Waals surface area contributed by atoms with Crippen LogP contribution in [0.25, 0.3) is 5.65 Å². The molecule has 0 aromatic carbocycles. The van der Waals surface area contributed by atoms with E-state index in [1.807, 2.05) is 0 Å². The quantitative estimate of drug-likeness (QED) is 0.320. The third kappa shape index (κ3) is 4.40. The lowest BCUT2D eigenvalue weighted by Crippen LogP contribution is -2.47. The van der Waals surface area contributed by atoms with Crippen molar-refractivity contribution in [3.8, 4) is 5.88 Å². The fourth-order valence-corrected chi connectivity index (χ4v) is 5.65. The number of aromatic nitrogens is 4. The van der Waals surface area contributed by atoms with Gasteiger partial charge in [0.1, 0.15) is 11.4 Å². The Hall–Kier alpha value is -2.26. The van der Waals surface area contributed by atoms with E-state index in [4.69, 9.17) is 8.92 Å². The molecular formula is C21H21F2IN6O3S. The van der Waals surface area contributed by atoms with Crippen molar-refractivity contribution >= 4 is 47.8 Å². The molecule has 34 heavy (non-hydrogen) atoms. The maximum atomic E-state index is 15.1. The number of hydrogen-bond donors (Lipinski definition) is 1. The second-order valence-corrected chi connectivity index (χ2v) is 9.66. The van der Waals surface area contributed by atoms with Crippen molar-refractivity contribution in [3.05, 3.63) is 47.4 Å². The lowest BCUT2D eigenvalue weighted by atomic mass is 9.89. The van der Waals surface area contributed by atoms with Crippen LogP contribution in [0, 0.1) is 11.6 Å². The molecule has 1 aliphatic heterocycles. The first-order valence-corrected chi connectivity index (χ1v) is 14.0. The molecule has 0 bridgehead atoms. The zero-order chi connectivity index (χ0) is 23.8. The summed E-state index contributed by atoms with van der Waals surface area (Å²) in [4.78, 5) is 23.2. The largest absolute Gasteiger partial charge is 0.481 e. The maximum Gasteiger partial charge on any atom is 0.256 e. The van der Waals surface area contributed by atoms with Crippen molar-refractivity contribution in [2.45, 2.75) is 43.9 Å². The number of carbonyl (C=O) groups is 1. The van der Waals surface area contributed by atoms with Gasteiger partial charge in [-0.25, -0.2) is 23.3 Å². The van der Waals surface area contributed by atoms with Crippen molar-refractivity contribution < 1.29 is 22.5 Å².